The molecule has 5 heteroatoms. The first-order valence-corrected chi connectivity index (χ1v) is 6.49. The first kappa shape index (κ1) is 13.3. The van der Waals surface area contributed by atoms with Crippen molar-refractivity contribution in [1.82, 2.24) is 14.8 Å². The molecule has 0 aliphatic rings. The van der Waals surface area contributed by atoms with Gasteiger partial charge in [-0.2, -0.15) is 5.10 Å². The van der Waals surface area contributed by atoms with Crippen LogP contribution < -0.4 is 5.32 Å². The van der Waals surface area contributed by atoms with Gasteiger partial charge in [-0.05, 0) is 18.1 Å². The summed E-state index contributed by atoms with van der Waals surface area (Å²) in [4.78, 5) is 15.7. The SMILES string of the molecule is CCCCC(=O)Nc1ccccc1Cn1cncn1. The van der Waals surface area contributed by atoms with Gasteiger partial charge in [0.1, 0.15) is 12.7 Å². The zero-order chi connectivity index (χ0) is 13.5. The normalized spacial score (nSPS) is 10.4. The minimum atomic E-state index is 0.0629. The summed E-state index contributed by atoms with van der Waals surface area (Å²) in [5.74, 6) is 0.0629. The molecule has 0 saturated heterocycles. The van der Waals surface area contributed by atoms with Crippen molar-refractivity contribution in [3.63, 3.8) is 0 Å². The summed E-state index contributed by atoms with van der Waals surface area (Å²) in [6.07, 6.45) is 5.66. The van der Waals surface area contributed by atoms with E-state index < -0.39 is 0 Å². The van der Waals surface area contributed by atoms with E-state index in [4.69, 9.17) is 0 Å². The molecule has 19 heavy (non-hydrogen) atoms. The zero-order valence-electron chi connectivity index (χ0n) is 11.0. The summed E-state index contributed by atoms with van der Waals surface area (Å²) in [7, 11) is 0. The summed E-state index contributed by atoms with van der Waals surface area (Å²) in [5, 5.41) is 7.03. The van der Waals surface area contributed by atoms with Crippen molar-refractivity contribution < 1.29 is 4.79 Å². The summed E-state index contributed by atoms with van der Waals surface area (Å²) >= 11 is 0. The quantitative estimate of drug-likeness (QED) is 0.865. The molecule has 0 aliphatic carbocycles. The third-order valence-electron chi connectivity index (χ3n) is 2.85. The van der Waals surface area contributed by atoms with Crippen molar-refractivity contribution in [2.75, 3.05) is 5.32 Å². The number of hydrogen-bond donors (Lipinski definition) is 1. The van der Waals surface area contributed by atoms with Crippen LogP contribution >= 0.6 is 0 Å². The number of carbonyl (C=O) groups excluding carboxylic acids is 1. The number of nitrogens with zero attached hydrogens (tertiary/aromatic N) is 3. The predicted octanol–water partition coefficient (Wildman–Crippen LogP) is 2.46. The topological polar surface area (TPSA) is 59.8 Å². The molecule has 0 spiro atoms. The van der Waals surface area contributed by atoms with Gasteiger partial charge in [0.15, 0.2) is 0 Å². The third-order valence-corrected chi connectivity index (χ3v) is 2.85. The predicted molar refractivity (Wildman–Crippen MR) is 73.7 cm³/mol. The number of anilines is 1. The van der Waals surface area contributed by atoms with Crippen LogP contribution in [0.5, 0.6) is 0 Å². The second kappa shape index (κ2) is 6.68. The van der Waals surface area contributed by atoms with Gasteiger partial charge in [-0.15, -0.1) is 0 Å². The van der Waals surface area contributed by atoms with Crippen molar-refractivity contribution >= 4 is 11.6 Å². The number of aromatic nitrogens is 3. The number of amides is 1. The van der Waals surface area contributed by atoms with E-state index in [0.717, 1.165) is 24.1 Å². The highest BCUT2D eigenvalue weighted by molar-refractivity contribution is 5.91. The van der Waals surface area contributed by atoms with Gasteiger partial charge >= 0.3 is 0 Å². The summed E-state index contributed by atoms with van der Waals surface area (Å²) in [6, 6.07) is 7.77. The maximum atomic E-state index is 11.8. The molecular weight excluding hydrogens is 240 g/mol. The first-order valence-electron chi connectivity index (χ1n) is 6.49. The van der Waals surface area contributed by atoms with Gasteiger partial charge in [-0.25, -0.2) is 9.67 Å². The Morgan fingerprint density at radius 2 is 2.21 bits per heavy atom. The van der Waals surface area contributed by atoms with Crippen LogP contribution in [0.25, 0.3) is 0 Å². The van der Waals surface area contributed by atoms with Crippen LogP contribution in [0.1, 0.15) is 31.7 Å². The highest BCUT2D eigenvalue weighted by Crippen LogP contribution is 2.16. The minimum absolute atomic E-state index is 0.0629. The lowest BCUT2D eigenvalue weighted by Gasteiger charge is -2.10. The molecule has 0 aliphatic heterocycles. The molecule has 1 heterocycles. The molecule has 1 N–H and O–H groups in total. The average molecular weight is 258 g/mol. The molecule has 0 bridgehead atoms. The van der Waals surface area contributed by atoms with Crippen molar-refractivity contribution in [2.45, 2.75) is 32.7 Å². The summed E-state index contributed by atoms with van der Waals surface area (Å²) in [5.41, 5.74) is 1.87. The van der Waals surface area contributed by atoms with Crippen molar-refractivity contribution in [2.24, 2.45) is 0 Å². The van der Waals surface area contributed by atoms with E-state index in [1.54, 1.807) is 11.0 Å². The largest absolute Gasteiger partial charge is 0.326 e. The molecule has 2 aromatic rings. The average Bonchev–Trinajstić information content (AvgIpc) is 2.91. The molecule has 0 fully saturated rings. The highest BCUT2D eigenvalue weighted by Gasteiger charge is 2.06. The summed E-state index contributed by atoms with van der Waals surface area (Å²) in [6.45, 7) is 2.68. The number of nitrogens with one attached hydrogen (secondary N) is 1. The first-order chi connectivity index (χ1) is 9.29. The lowest BCUT2D eigenvalue weighted by molar-refractivity contribution is -0.116. The third kappa shape index (κ3) is 3.91. The van der Waals surface area contributed by atoms with Crippen LogP contribution in [0.2, 0.25) is 0 Å². The number of carbonyl (C=O) groups is 1. The van der Waals surface area contributed by atoms with E-state index in [2.05, 4.69) is 22.3 Å². The van der Waals surface area contributed by atoms with E-state index >= 15 is 0 Å². The van der Waals surface area contributed by atoms with Crippen LogP contribution in [0, 0.1) is 0 Å². The molecule has 0 saturated carbocycles. The van der Waals surface area contributed by atoms with Crippen LogP contribution in [0.15, 0.2) is 36.9 Å². The summed E-state index contributed by atoms with van der Waals surface area (Å²) < 4.78 is 1.73. The monoisotopic (exact) mass is 258 g/mol. The highest BCUT2D eigenvalue weighted by atomic mass is 16.1. The van der Waals surface area contributed by atoms with Crippen LogP contribution in [-0.4, -0.2) is 20.7 Å². The van der Waals surface area contributed by atoms with Gasteiger partial charge in [0.25, 0.3) is 0 Å². The van der Waals surface area contributed by atoms with Crippen LogP contribution in [0.4, 0.5) is 5.69 Å². The molecule has 1 amide bonds. The maximum Gasteiger partial charge on any atom is 0.224 e. The Morgan fingerprint density at radius 3 is 2.95 bits per heavy atom. The van der Waals surface area contributed by atoms with Gasteiger partial charge < -0.3 is 5.32 Å². The second-order valence-corrected chi connectivity index (χ2v) is 4.40. The number of unbranched alkanes of at least 4 members (excludes halogenated alkanes) is 1. The molecule has 1 aromatic carbocycles. The van der Waals surface area contributed by atoms with Crippen molar-refractivity contribution in [1.29, 1.82) is 0 Å². The van der Waals surface area contributed by atoms with Gasteiger partial charge in [0.05, 0.1) is 6.54 Å². The van der Waals surface area contributed by atoms with Gasteiger partial charge in [0.2, 0.25) is 5.91 Å². The fourth-order valence-electron chi connectivity index (χ4n) is 1.82. The lowest BCUT2D eigenvalue weighted by Crippen LogP contribution is -2.13. The van der Waals surface area contributed by atoms with E-state index in [1.807, 2.05) is 24.3 Å². The molecule has 0 radical (unpaired) electrons. The maximum absolute atomic E-state index is 11.8. The molecule has 0 unspecified atom stereocenters. The smallest absolute Gasteiger partial charge is 0.224 e. The fraction of sp³-hybridized carbons (Fsp3) is 0.357. The Morgan fingerprint density at radius 1 is 1.37 bits per heavy atom. The minimum Gasteiger partial charge on any atom is -0.326 e. The van der Waals surface area contributed by atoms with Crippen LogP contribution in [0.3, 0.4) is 0 Å². The number of hydrogen-bond acceptors (Lipinski definition) is 3. The van der Waals surface area contributed by atoms with E-state index in [9.17, 15) is 4.79 Å². The number of benzene rings is 1. The lowest BCUT2D eigenvalue weighted by atomic mass is 10.1. The molecular formula is C14H18N4O. The Hall–Kier alpha value is -2.17. The number of rotatable bonds is 6. The van der Waals surface area contributed by atoms with Crippen LogP contribution in [-0.2, 0) is 11.3 Å². The van der Waals surface area contributed by atoms with E-state index in [-0.39, 0.29) is 5.91 Å². The molecule has 2 rings (SSSR count). The van der Waals surface area contributed by atoms with Crippen molar-refractivity contribution in [3.8, 4) is 0 Å². The molecule has 100 valence electrons. The Bertz CT molecular complexity index is 522. The second-order valence-electron chi connectivity index (χ2n) is 4.40. The molecule has 1 aromatic heterocycles. The van der Waals surface area contributed by atoms with Gasteiger partial charge in [-0.1, -0.05) is 31.5 Å². The number of para-hydroxylation sites is 1. The standard InChI is InChI=1S/C14H18N4O/c1-2-3-8-14(19)17-13-7-5-4-6-12(13)9-18-11-15-10-16-18/h4-7,10-11H,2-3,8-9H2,1H3,(H,17,19). The van der Waals surface area contributed by atoms with Crippen molar-refractivity contribution in [3.05, 3.63) is 42.5 Å². The van der Waals surface area contributed by atoms with E-state index in [1.165, 1.54) is 6.33 Å². The molecule has 5 nitrogen and oxygen atoms in total. The Labute approximate surface area is 112 Å². The fourth-order valence-corrected chi connectivity index (χ4v) is 1.82. The zero-order valence-corrected chi connectivity index (χ0v) is 11.0. The Kier molecular flexibility index (Phi) is 4.66. The Balaban J connectivity index is 2.05. The van der Waals surface area contributed by atoms with Gasteiger partial charge in [0, 0.05) is 12.1 Å². The van der Waals surface area contributed by atoms with E-state index in [0.29, 0.717) is 13.0 Å². The van der Waals surface area contributed by atoms with Gasteiger partial charge in [-0.3, -0.25) is 4.79 Å². The molecule has 0 atom stereocenters.